The third-order valence-corrected chi connectivity index (χ3v) is 10.0. The summed E-state index contributed by atoms with van der Waals surface area (Å²) < 4.78 is 26.8. The number of aliphatic hydroxyl groups is 1. The van der Waals surface area contributed by atoms with Gasteiger partial charge in [0, 0.05) is 12.8 Å². The van der Waals surface area contributed by atoms with Gasteiger partial charge in [-0.15, -0.1) is 0 Å². The number of ether oxygens (including phenoxy) is 1. The van der Waals surface area contributed by atoms with Crippen LogP contribution in [0.15, 0.2) is 12.2 Å². The molecule has 0 aliphatic heterocycles. The summed E-state index contributed by atoms with van der Waals surface area (Å²) in [5.41, 5.74) is 0. The number of carboxylic acid groups (broad SMARTS) is 1. The van der Waals surface area contributed by atoms with Gasteiger partial charge in [-0.25, -0.2) is 9.36 Å². The Hall–Kier alpha value is -1.78. The second-order valence-electron chi connectivity index (χ2n) is 14.2. The van der Waals surface area contributed by atoms with Crippen molar-refractivity contribution in [2.45, 2.75) is 206 Å². The van der Waals surface area contributed by atoms with Crippen LogP contribution in [-0.4, -0.2) is 64.9 Å². The van der Waals surface area contributed by atoms with E-state index in [1.165, 1.54) is 96.3 Å². The van der Waals surface area contributed by atoms with Gasteiger partial charge < -0.3 is 25.2 Å². The molecule has 0 rings (SSSR count). The Labute approximate surface area is 316 Å². The lowest BCUT2D eigenvalue weighted by Crippen LogP contribution is -2.43. The Morgan fingerprint density at radius 1 is 0.596 bits per heavy atom. The molecular formula is C40H76NO10P. The quantitative estimate of drug-likeness (QED) is 0.0205. The van der Waals surface area contributed by atoms with E-state index in [-0.39, 0.29) is 12.8 Å². The zero-order valence-corrected chi connectivity index (χ0v) is 33.8. The minimum Gasteiger partial charge on any atom is -0.480 e. The van der Waals surface area contributed by atoms with Gasteiger partial charge in [0.05, 0.1) is 13.2 Å². The van der Waals surface area contributed by atoms with Gasteiger partial charge in [-0.3, -0.25) is 18.6 Å². The summed E-state index contributed by atoms with van der Waals surface area (Å²) in [4.78, 5) is 45.7. The zero-order chi connectivity index (χ0) is 38.5. The topological polar surface area (TPSA) is 169 Å². The summed E-state index contributed by atoms with van der Waals surface area (Å²) in [5, 5.41) is 21.7. The smallest absolute Gasteiger partial charge is 0.472 e. The Bertz CT molecular complexity index is 947. The monoisotopic (exact) mass is 762 g/mol. The maximum absolute atomic E-state index is 12.2. The Morgan fingerprint density at radius 2 is 1.02 bits per heavy atom. The van der Waals surface area contributed by atoms with Crippen LogP contribution in [0.3, 0.4) is 0 Å². The second-order valence-corrected chi connectivity index (χ2v) is 15.6. The molecule has 0 spiro atoms. The molecule has 52 heavy (non-hydrogen) atoms. The molecule has 0 aromatic heterocycles. The average molecular weight is 762 g/mol. The largest absolute Gasteiger partial charge is 0.480 e. The van der Waals surface area contributed by atoms with Crippen molar-refractivity contribution < 1.29 is 47.8 Å². The predicted octanol–water partition coefficient (Wildman–Crippen LogP) is 10.1. The standard InChI is InChI=1S/C40H76NO10P/c1-3-5-7-9-11-13-15-16-17-18-19-20-22-24-26-28-30-32-39(44)49-33-36(42)34-50-52(47,48)51-35-37(40(45)46)41-38(43)31-29-27-25-23-21-14-12-10-8-6-4-2/h10,12,36-37,42H,3-9,11,13-35H2,1-2H3,(H,41,43)(H,45,46)(H,47,48)/b12-10-. The first-order valence-electron chi connectivity index (χ1n) is 20.7. The highest BCUT2D eigenvalue weighted by Crippen LogP contribution is 2.43. The highest BCUT2D eigenvalue weighted by Gasteiger charge is 2.28. The third kappa shape index (κ3) is 35.3. The fourth-order valence-corrected chi connectivity index (χ4v) is 6.54. The van der Waals surface area contributed by atoms with Crippen LogP contribution in [0.25, 0.3) is 0 Å². The molecule has 3 atom stereocenters. The minimum atomic E-state index is -4.75. The first kappa shape index (κ1) is 50.2. The van der Waals surface area contributed by atoms with Crippen molar-refractivity contribution >= 4 is 25.7 Å². The van der Waals surface area contributed by atoms with E-state index in [1.54, 1.807) is 0 Å². The van der Waals surface area contributed by atoms with E-state index >= 15 is 0 Å². The fraction of sp³-hybridized carbons (Fsp3) is 0.875. The highest BCUT2D eigenvalue weighted by atomic mass is 31.2. The second kappa shape index (κ2) is 36.2. The molecule has 0 radical (unpaired) electrons. The number of carbonyl (C=O) groups excluding carboxylic acids is 2. The molecule has 0 aromatic rings. The Kier molecular flexibility index (Phi) is 35.0. The maximum Gasteiger partial charge on any atom is 0.472 e. The molecule has 306 valence electrons. The van der Waals surface area contributed by atoms with E-state index in [4.69, 9.17) is 13.8 Å². The van der Waals surface area contributed by atoms with Crippen LogP contribution in [0.5, 0.6) is 0 Å². The molecular weight excluding hydrogens is 685 g/mol. The molecule has 0 bridgehead atoms. The van der Waals surface area contributed by atoms with E-state index in [0.29, 0.717) is 12.8 Å². The molecule has 0 saturated heterocycles. The summed E-state index contributed by atoms with van der Waals surface area (Å²) in [6.07, 6.45) is 33.9. The van der Waals surface area contributed by atoms with E-state index < -0.39 is 57.6 Å². The van der Waals surface area contributed by atoms with Gasteiger partial charge in [0.2, 0.25) is 5.91 Å². The predicted molar refractivity (Wildman–Crippen MR) is 208 cm³/mol. The van der Waals surface area contributed by atoms with Gasteiger partial charge in [0.1, 0.15) is 12.7 Å². The Morgan fingerprint density at radius 3 is 1.52 bits per heavy atom. The number of nitrogens with one attached hydrogen (secondary N) is 1. The van der Waals surface area contributed by atoms with Crippen LogP contribution in [-0.2, 0) is 32.7 Å². The summed E-state index contributed by atoms with van der Waals surface area (Å²) in [7, 11) is -4.75. The normalized spacial score (nSPS) is 13.9. The van der Waals surface area contributed by atoms with E-state index in [9.17, 15) is 34.1 Å². The average Bonchev–Trinajstić information content (AvgIpc) is 3.11. The van der Waals surface area contributed by atoms with Crippen molar-refractivity contribution in [1.29, 1.82) is 0 Å². The number of carbonyl (C=O) groups is 3. The Balaban J connectivity index is 3.88. The molecule has 0 aliphatic rings. The van der Waals surface area contributed by atoms with Crippen molar-refractivity contribution in [3.63, 3.8) is 0 Å². The lowest BCUT2D eigenvalue weighted by Gasteiger charge is -2.18. The first-order chi connectivity index (χ1) is 25.1. The van der Waals surface area contributed by atoms with Crippen LogP contribution in [0.1, 0.15) is 194 Å². The zero-order valence-electron chi connectivity index (χ0n) is 32.9. The lowest BCUT2D eigenvalue weighted by atomic mass is 10.0. The van der Waals surface area contributed by atoms with Crippen LogP contribution < -0.4 is 5.32 Å². The molecule has 12 heteroatoms. The van der Waals surface area contributed by atoms with Crippen molar-refractivity contribution in [3.05, 3.63) is 12.2 Å². The highest BCUT2D eigenvalue weighted by molar-refractivity contribution is 7.47. The fourth-order valence-electron chi connectivity index (χ4n) is 5.77. The molecule has 0 aromatic carbocycles. The summed E-state index contributed by atoms with van der Waals surface area (Å²) in [5.74, 6) is -2.38. The number of unbranched alkanes of at least 4 members (excludes halogenated alkanes) is 23. The number of hydrogen-bond donors (Lipinski definition) is 4. The number of rotatable bonds is 39. The SMILES string of the molecule is CCCC/C=C\CCCCCCCC(=O)NC(COP(=O)(O)OCC(O)COC(=O)CCCCCCCCCCCCCCCCCCC)C(=O)O. The van der Waals surface area contributed by atoms with E-state index in [2.05, 4.69) is 31.3 Å². The number of aliphatic hydroxyl groups excluding tert-OH is 1. The lowest BCUT2D eigenvalue weighted by molar-refractivity contribution is -0.147. The molecule has 0 fully saturated rings. The number of aliphatic carboxylic acids is 1. The molecule has 1 amide bonds. The van der Waals surface area contributed by atoms with Crippen molar-refractivity contribution in [3.8, 4) is 0 Å². The van der Waals surface area contributed by atoms with Gasteiger partial charge in [0.15, 0.2) is 6.04 Å². The summed E-state index contributed by atoms with van der Waals surface area (Å²) >= 11 is 0. The number of esters is 1. The van der Waals surface area contributed by atoms with Crippen LogP contribution in [0, 0.1) is 0 Å². The van der Waals surface area contributed by atoms with Gasteiger partial charge in [-0.05, 0) is 32.1 Å². The van der Waals surface area contributed by atoms with E-state index in [0.717, 1.165) is 57.8 Å². The van der Waals surface area contributed by atoms with Crippen LogP contribution >= 0.6 is 7.82 Å². The number of phosphoric ester groups is 1. The minimum absolute atomic E-state index is 0.137. The van der Waals surface area contributed by atoms with Gasteiger partial charge in [0.25, 0.3) is 0 Å². The number of phosphoric acid groups is 1. The van der Waals surface area contributed by atoms with Crippen LogP contribution in [0.4, 0.5) is 0 Å². The number of allylic oxidation sites excluding steroid dienone is 2. The molecule has 4 N–H and O–H groups in total. The van der Waals surface area contributed by atoms with Crippen molar-refractivity contribution in [2.24, 2.45) is 0 Å². The number of amides is 1. The first-order valence-corrected chi connectivity index (χ1v) is 22.2. The van der Waals surface area contributed by atoms with Gasteiger partial charge in [-0.2, -0.15) is 0 Å². The molecule has 0 saturated carbocycles. The number of carboxylic acids is 1. The molecule has 11 nitrogen and oxygen atoms in total. The summed E-state index contributed by atoms with van der Waals surface area (Å²) in [6.45, 7) is 2.55. The summed E-state index contributed by atoms with van der Waals surface area (Å²) in [6, 6.07) is -1.55. The third-order valence-electron chi connectivity index (χ3n) is 9.05. The number of hydrogen-bond acceptors (Lipinski definition) is 8. The van der Waals surface area contributed by atoms with Gasteiger partial charge in [-0.1, -0.05) is 161 Å². The van der Waals surface area contributed by atoms with Gasteiger partial charge >= 0.3 is 19.8 Å². The maximum atomic E-state index is 12.2. The molecule has 0 aliphatic carbocycles. The van der Waals surface area contributed by atoms with E-state index in [1.807, 2.05) is 0 Å². The van der Waals surface area contributed by atoms with Crippen molar-refractivity contribution in [2.75, 3.05) is 19.8 Å². The molecule has 0 heterocycles. The van der Waals surface area contributed by atoms with Crippen LogP contribution in [0.2, 0.25) is 0 Å². The molecule has 3 unspecified atom stereocenters. The van der Waals surface area contributed by atoms with Crippen molar-refractivity contribution in [1.82, 2.24) is 5.32 Å².